The Kier molecular flexibility index (Phi) is 5.24. The first-order chi connectivity index (χ1) is 10.1. The van der Waals surface area contributed by atoms with Gasteiger partial charge in [-0.15, -0.1) is 0 Å². The van der Waals surface area contributed by atoms with Crippen LogP contribution < -0.4 is 10.0 Å². The van der Waals surface area contributed by atoms with Gasteiger partial charge in [0, 0.05) is 37.7 Å². The number of anilines is 1. The molecule has 0 spiro atoms. The summed E-state index contributed by atoms with van der Waals surface area (Å²) >= 11 is 0. The van der Waals surface area contributed by atoms with Crippen LogP contribution in [-0.4, -0.2) is 31.5 Å². The first kappa shape index (κ1) is 15.4. The van der Waals surface area contributed by atoms with E-state index in [4.69, 9.17) is 0 Å². The van der Waals surface area contributed by atoms with Crippen LogP contribution in [0.4, 0.5) is 5.82 Å². The third kappa shape index (κ3) is 4.51. The van der Waals surface area contributed by atoms with Gasteiger partial charge in [-0.05, 0) is 37.1 Å². The van der Waals surface area contributed by atoms with Gasteiger partial charge in [-0.3, -0.25) is 4.98 Å². The Morgan fingerprint density at radius 3 is 2.62 bits per heavy atom. The molecule has 0 amide bonds. The summed E-state index contributed by atoms with van der Waals surface area (Å²) in [5.41, 5.74) is 1.04. The first-order valence-corrected chi connectivity index (χ1v) is 8.18. The summed E-state index contributed by atoms with van der Waals surface area (Å²) < 4.78 is 27.0. The highest BCUT2D eigenvalue weighted by atomic mass is 32.2. The molecule has 2 aromatic rings. The summed E-state index contributed by atoms with van der Waals surface area (Å²) in [7, 11) is -3.52. The smallest absolute Gasteiger partial charge is 0.240 e. The molecule has 0 aliphatic carbocycles. The second kappa shape index (κ2) is 7.14. The normalized spacial score (nSPS) is 11.3. The Labute approximate surface area is 124 Å². The quantitative estimate of drug-likeness (QED) is 0.808. The average molecular weight is 306 g/mol. The molecule has 0 aliphatic rings. The monoisotopic (exact) mass is 306 g/mol. The van der Waals surface area contributed by atoms with Gasteiger partial charge >= 0.3 is 0 Å². The van der Waals surface area contributed by atoms with Gasteiger partial charge in [0.25, 0.3) is 0 Å². The molecule has 2 rings (SSSR count). The second-order valence-corrected chi connectivity index (χ2v) is 6.18. The number of sulfonamides is 1. The standard InChI is InChI=1S/C14H18N4O2S/c1-2-16-14-11-13(6-9-17-14)21(19,20)18-10-5-12-3-7-15-8-4-12/h3-4,6-9,11,18H,2,5,10H2,1H3,(H,16,17). The summed E-state index contributed by atoms with van der Waals surface area (Å²) in [5, 5.41) is 2.99. The zero-order chi connectivity index (χ0) is 15.1. The molecule has 0 aliphatic heterocycles. The Bertz CT molecular complexity index is 674. The van der Waals surface area contributed by atoms with E-state index < -0.39 is 10.0 Å². The molecule has 2 aromatic heterocycles. The number of hydrogen-bond donors (Lipinski definition) is 2. The van der Waals surface area contributed by atoms with E-state index in [0.29, 0.717) is 25.3 Å². The van der Waals surface area contributed by atoms with Crippen molar-refractivity contribution in [2.24, 2.45) is 0 Å². The molecule has 0 saturated heterocycles. The summed E-state index contributed by atoms with van der Waals surface area (Å²) in [5.74, 6) is 0.550. The minimum atomic E-state index is -3.52. The van der Waals surface area contributed by atoms with Crippen molar-refractivity contribution in [3.63, 3.8) is 0 Å². The van der Waals surface area contributed by atoms with Gasteiger partial charge < -0.3 is 5.32 Å². The molecule has 0 aromatic carbocycles. The van der Waals surface area contributed by atoms with Crippen LogP contribution in [0.5, 0.6) is 0 Å². The lowest BCUT2D eigenvalue weighted by molar-refractivity contribution is 0.581. The zero-order valence-electron chi connectivity index (χ0n) is 11.8. The van der Waals surface area contributed by atoms with Crippen molar-refractivity contribution in [3.8, 4) is 0 Å². The SMILES string of the molecule is CCNc1cc(S(=O)(=O)NCCc2ccncc2)ccn1. The zero-order valence-corrected chi connectivity index (χ0v) is 12.6. The van der Waals surface area contributed by atoms with Crippen molar-refractivity contribution < 1.29 is 8.42 Å². The average Bonchev–Trinajstić information content (AvgIpc) is 2.49. The molecule has 0 radical (unpaired) electrons. The van der Waals surface area contributed by atoms with Crippen LogP contribution in [0.2, 0.25) is 0 Å². The molecule has 2 heterocycles. The molecule has 112 valence electrons. The number of pyridine rings is 2. The Hall–Kier alpha value is -1.99. The molecular formula is C14H18N4O2S. The topological polar surface area (TPSA) is 84.0 Å². The highest BCUT2D eigenvalue weighted by molar-refractivity contribution is 7.89. The van der Waals surface area contributed by atoms with Crippen LogP contribution in [0.1, 0.15) is 12.5 Å². The van der Waals surface area contributed by atoms with Crippen molar-refractivity contribution in [3.05, 3.63) is 48.4 Å². The molecule has 21 heavy (non-hydrogen) atoms. The van der Waals surface area contributed by atoms with E-state index in [-0.39, 0.29) is 4.90 Å². The summed E-state index contributed by atoms with van der Waals surface area (Å²) in [6.45, 7) is 2.95. The number of nitrogens with zero attached hydrogens (tertiary/aromatic N) is 2. The molecule has 0 saturated carbocycles. The lowest BCUT2D eigenvalue weighted by atomic mass is 10.2. The molecular weight excluding hydrogens is 288 g/mol. The van der Waals surface area contributed by atoms with Crippen LogP contribution in [0, 0.1) is 0 Å². The largest absolute Gasteiger partial charge is 0.370 e. The van der Waals surface area contributed by atoms with Crippen LogP contribution in [-0.2, 0) is 16.4 Å². The van der Waals surface area contributed by atoms with Crippen LogP contribution in [0.15, 0.2) is 47.8 Å². The van der Waals surface area contributed by atoms with E-state index in [2.05, 4.69) is 20.0 Å². The van der Waals surface area contributed by atoms with Gasteiger partial charge in [-0.2, -0.15) is 0 Å². The van der Waals surface area contributed by atoms with Crippen molar-refractivity contribution in [2.75, 3.05) is 18.4 Å². The number of nitrogens with one attached hydrogen (secondary N) is 2. The van der Waals surface area contributed by atoms with Crippen LogP contribution in [0.3, 0.4) is 0 Å². The first-order valence-electron chi connectivity index (χ1n) is 6.70. The van der Waals surface area contributed by atoms with Crippen molar-refractivity contribution in [1.29, 1.82) is 0 Å². The fourth-order valence-corrected chi connectivity index (χ4v) is 2.86. The van der Waals surface area contributed by atoms with Gasteiger partial charge in [0.05, 0.1) is 4.90 Å². The van der Waals surface area contributed by atoms with E-state index in [1.165, 1.54) is 18.3 Å². The Morgan fingerprint density at radius 1 is 1.14 bits per heavy atom. The van der Waals surface area contributed by atoms with Crippen LogP contribution in [0.25, 0.3) is 0 Å². The highest BCUT2D eigenvalue weighted by Crippen LogP contribution is 2.12. The minimum absolute atomic E-state index is 0.211. The van der Waals surface area contributed by atoms with E-state index in [1.54, 1.807) is 12.4 Å². The lowest BCUT2D eigenvalue weighted by Gasteiger charge is -2.08. The molecule has 6 nitrogen and oxygen atoms in total. The van der Waals surface area contributed by atoms with Crippen molar-refractivity contribution >= 4 is 15.8 Å². The Morgan fingerprint density at radius 2 is 1.90 bits per heavy atom. The molecule has 7 heteroatoms. The predicted molar refractivity (Wildman–Crippen MR) is 81.5 cm³/mol. The fourth-order valence-electron chi connectivity index (χ4n) is 1.82. The lowest BCUT2D eigenvalue weighted by Crippen LogP contribution is -2.26. The van der Waals surface area contributed by atoms with Crippen molar-refractivity contribution in [1.82, 2.24) is 14.7 Å². The summed E-state index contributed by atoms with van der Waals surface area (Å²) in [6.07, 6.45) is 5.48. The molecule has 0 fully saturated rings. The third-order valence-corrected chi connectivity index (χ3v) is 4.31. The highest BCUT2D eigenvalue weighted by Gasteiger charge is 2.14. The van der Waals surface area contributed by atoms with Crippen LogP contribution >= 0.6 is 0 Å². The third-order valence-electron chi connectivity index (χ3n) is 2.85. The van der Waals surface area contributed by atoms with Crippen molar-refractivity contribution in [2.45, 2.75) is 18.2 Å². The Balaban J connectivity index is 1.99. The predicted octanol–water partition coefficient (Wildman–Crippen LogP) is 1.43. The number of rotatable bonds is 7. The molecule has 0 atom stereocenters. The maximum absolute atomic E-state index is 12.2. The molecule has 0 unspecified atom stereocenters. The summed E-state index contributed by atoms with van der Waals surface area (Å²) in [4.78, 5) is 8.20. The van der Waals surface area contributed by atoms with E-state index >= 15 is 0 Å². The van der Waals surface area contributed by atoms with Gasteiger partial charge in [0.2, 0.25) is 10.0 Å². The van der Waals surface area contributed by atoms with Gasteiger partial charge in [0.1, 0.15) is 5.82 Å². The van der Waals surface area contributed by atoms with E-state index in [1.807, 2.05) is 19.1 Å². The molecule has 0 bridgehead atoms. The molecule has 2 N–H and O–H groups in total. The maximum Gasteiger partial charge on any atom is 0.240 e. The summed E-state index contributed by atoms with van der Waals surface area (Å²) in [6, 6.07) is 6.74. The minimum Gasteiger partial charge on any atom is -0.370 e. The van der Waals surface area contributed by atoms with Gasteiger partial charge in [-0.1, -0.05) is 0 Å². The number of hydrogen-bond acceptors (Lipinski definition) is 5. The fraction of sp³-hybridized carbons (Fsp3) is 0.286. The number of aromatic nitrogens is 2. The van der Waals surface area contributed by atoms with Gasteiger partial charge in [-0.25, -0.2) is 18.1 Å². The van der Waals surface area contributed by atoms with E-state index in [9.17, 15) is 8.42 Å². The second-order valence-electron chi connectivity index (χ2n) is 4.41. The van der Waals surface area contributed by atoms with Gasteiger partial charge in [0.15, 0.2) is 0 Å². The van der Waals surface area contributed by atoms with E-state index in [0.717, 1.165) is 5.56 Å². The maximum atomic E-state index is 12.2.